The maximum Gasteiger partial charge on any atom is 0.195 e. The van der Waals surface area contributed by atoms with Crippen LogP contribution in [0.25, 0.3) is 0 Å². The van der Waals surface area contributed by atoms with E-state index in [1.807, 2.05) is 6.92 Å². The number of aliphatic hydroxyl groups is 1. The summed E-state index contributed by atoms with van der Waals surface area (Å²) in [6.07, 6.45) is 3.48. The normalized spacial score (nSPS) is 16.9. The van der Waals surface area contributed by atoms with Gasteiger partial charge < -0.3 is 14.0 Å². The molecular formula is C25H48O3Si2. The van der Waals surface area contributed by atoms with Crippen LogP contribution in [0.2, 0.25) is 36.3 Å². The smallest absolute Gasteiger partial charge is 0.195 e. The highest BCUT2D eigenvalue weighted by atomic mass is 28.4. The molecule has 3 nitrogen and oxygen atoms in total. The molecule has 174 valence electrons. The first-order chi connectivity index (χ1) is 13.4. The van der Waals surface area contributed by atoms with Gasteiger partial charge in [-0.1, -0.05) is 71.9 Å². The lowest BCUT2D eigenvalue weighted by atomic mass is 10.0. The first-order valence-electron chi connectivity index (χ1n) is 11.5. The van der Waals surface area contributed by atoms with Gasteiger partial charge in [0.05, 0.1) is 0 Å². The molecule has 0 spiro atoms. The van der Waals surface area contributed by atoms with Gasteiger partial charge in [0.2, 0.25) is 0 Å². The Morgan fingerprint density at radius 2 is 1.30 bits per heavy atom. The molecule has 0 radical (unpaired) electrons. The topological polar surface area (TPSA) is 38.7 Å². The van der Waals surface area contributed by atoms with E-state index in [0.717, 1.165) is 19.3 Å². The van der Waals surface area contributed by atoms with Gasteiger partial charge in [-0.05, 0) is 68.0 Å². The maximum absolute atomic E-state index is 11.1. The summed E-state index contributed by atoms with van der Waals surface area (Å²) in [5.41, 5.74) is 1.34. The molecule has 0 aromatic heterocycles. The molecular weight excluding hydrogens is 404 g/mol. The minimum absolute atomic E-state index is 0.0708. The summed E-state index contributed by atoms with van der Waals surface area (Å²) < 4.78 is 13.2. The third kappa shape index (κ3) is 8.58. The largest absolute Gasteiger partial charge is 0.414 e. The van der Waals surface area contributed by atoms with E-state index >= 15 is 0 Å². The van der Waals surface area contributed by atoms with Gasteiger partial charge in [-0.3, -0.25) is 0 Å². The van der Waals surface area contributed by atoms with Crippen LogP contribution in [-0.4, -0.2) is 33.6 Å². The molecule has 0 aliphatic rings. The van der Waals surface area contributed by atoms with Gasteiger partial charge in [0.15, 0.2) is 22.4 Å². The van der Waals surface area contributed by atoms with Crippen LogP contribution in [0.4, 0.5) is 0 Å². The third-order valence-corrected chi connectivity index (χ3v) is 16.2. The quantitative estimate of drug-likeness (QED) is 0.295. The van der Waals surface area contributed by atoms with E-state index in [0.29, 0.717) is 6.42 Å². The minimum atomic E-state index is -2.04. The minimum Gasteiger partial charge on any atom is -0.414 e. The number of hydrogen-bond acceptors (Lipinski definition) is 3. The second-order valence-corrected chi connectivity index (χ2v) is 21.6. The average Bonchev–Trinajstić information content (AvgIpc) is 2.55. The van der Waals surface area contributed by atoms with Gasteiger partial charge in [-0.2, -0.15) is 0 Å². The van der Waals surface area contributed by atoms with Crippen LogP contribution in [0.3, 0.4) is 0 Å². The van der Waals surface area contributed by atoms with Crippen molar-refractivity contribution in [1.29, 1.82) is 0 Å². The summed E-state index contributed by atoms with van der Waals surface area (Å²) in [6, 6.07) is 10.6. The standard InChI is InChI=1S/C25H48O3Si2/c1-23(2,3)29(8,9)27-22(18-17-21-15-13-12-14-16-21)19-20-25(7,26)28-30(10,11)24(4,5)6/h12-16,22,26H,17-20H2,1-11H3/t22-,25?/m1/s1. The monoisotopic (exact) mass is 452 g/mol. The summed E-state index contributed by atoms with van der Waals surface area (Å²) in [4.78, 5) is 0. The van der Waals surface area contributed by atoms with Crippen molar-refractivity contribution in [3.05, 3.63) is 35.9 Å². The van der Waals surface area contributed by atoms with Gasteiger partial charge in [-0.25, -0.2) is 0 Å². The molecule has 30 heavy (non-hydrogen) atoms. The zero-order valence-corrected chi connectivity index (χ0v) is 23.6. The summed E-state index contributed by atoms with van der Waals surface area (Å²) >= 11 is 0. The first-order valence-corrected chi connectivity index (χ1v) is 17.3. The predicted octanol–water partition coefficient (Wildman–Crippen LogP) is 7.52. The van der Waals surface area contributed by atoms with E-state index in [-0.39, 0.29) is 16.2 Å². The van der Waals surface area contributed by atoms with E-state index < -0.39 is 22.4 Å². The molecule has 1 unspecified atom stereocenters. The van der Waals surface area contributed by atoms with Crippen molar-refractivity contribution in [2.45, 2.75) is 122 Å². The van der Waals surface area contributed by atoms with Crippen LogP contribution < -0.4 is 0 Å². The fourth-order valence-electron chi connectivity index (χ4n) is 3.01. The van der Waals surface area contributed by atoms with Crippen molar-refractivity contribution in [3.8, 4) is 0 Å². The van der Waals surface area contributed by atoms with E-state index in [1.165, 1.54) is 5.56 Å². The summed E-state index contributed by atoms with van der Waals surface area (Å²) in [6.45, 7) is 24.3. The van der Waals surface area contributed by atoms with Gasteiger partial charge in [0.25, 0.3) is 0 Å². The maximum atomic E-state index is 11.1. The van der Waals surface area contributed by atoms with E-state index in [2.05, 4.69) is 98.1 Å². The zero-order chi connectivity index (χ0) is 23.4. The molecule has 1 aromatic carbocycles. The molecule has 0 amide bonds. The number of aryl methyl sites for hydroxylation is 1. The molecule has 0 fully saturated rings. The van der Waals surface area contributed by atoms with Gasteiger partial charge >= 0.3 is 0 Å². The second-order valence-electron chi connectivity index (χ2n) is 12.1. The van der Waals surface area contributed by atoms with Crippen LogP contribution in [0.1, 0.15) is 73.3 Å². The lowest BCUT2D eigenvalue weighted by Crippen LogP contribution is -2.49. The number of hydrogen-bond donors (Lipinski definition) is 1. The van der Waals surface area contributed by atoms with E-state index in [4.69, 9.17) is 8.85 Å². The second kappa shape index (κ2) is 9.99. The summed E-state index contributed by atoms with van der Waals surface area (Å²) in [5, 5.41) is 11.3. The van der Waals surface area contributed by atoms with Crippen molar-refractivity contribution in [2.24, 2.45) is 0 Å². The van der Waals surface area contributed by atoms with Crippen molar-refractivity contribution >= 4 is 16.6 Å². The molecule has 1 rings (SSSR count). The zero-order valence-electron chi connectivity index (χ0n) is 21.6. The van der Waals surface area contributed by atoms with Crippen LogP contribution in [0.15, 0.2) is 30.3 Å². The van der Waals surface area contributed by atoms with Gasteiger partial charge in [0.1, 0.15) is 0 Å². The van der Waals surface area contributed by atoms with Crippen molar-refractivity contribution in [3.63, 3.8) is 0 Å². The van der Waals surface area contributed by atoms with Crippen molar-refractivity contribution in [1.82, 2.24) is 0 Å². The summed E-state index contributed by atoms with van der Waals surface area (Å²) in [5.74, 6) is -1.12. The Morgan fingerprint density at radius 3 is 1.77 bits per heavy atom. The fourth-order valence-corrected chi connectivity index (χ4v) is 5.94. The Hall–Kier alpha value is -0.466. The van der Waals surface area contributed by atoms with Gasteiger partial charge in [-0.15, -0.1) is 0 Å². The van der Waals surface area contributed by atoms with Crippen LogP contribution in [0.5, 0.6) is 0 Å². The molecule has 0 aliphatic carbocycles. The third-order valence-electron chi connectivity index (χ3n) is 7.08. The Labute approximate surface area is 188 Å². The number of benzene rings is 1. The predicted molar refractivity (Wildman–Crippen MR) is 135 cm³/mol. The molecule has 0 aliphatic heterocycles. The van der Waals surface area contributed by atoms with Crippen LogP contribution in [-0.2, 0) is 15.3 Å². The molecule has 5 heteroatoms. The van der Waals surface area contributed by atoms with Crippen LogP contribution in [0, 0.1) is 0 Å². The Morgan fingerprint density at radius 1 is 0.800 bits per heavy atom. The molecule has 0 heterocycles. The van der Waals surface area contributed by atoms with Crippen molar-refractivity contribution in [2.75, 3.05) is 0 Å². The number of rotatable bonds is 10. The molecule has 1 N–H and O–H groups in total. The van der Waals surface area contributed by atoms with E-state index in [1.54, 1.807) is 0 Å². The van der Waals surface area contributed by atoms with Crippen molar-refractivity contribution < 1.29 is 14.0 Å². The lowest BCUT2D eigenvalue weighted by molar-refractivity contribution is -0.141. The van der Waals surface area contributed by atoms with Crippen LogP contribution >= 0.6 is 0 Å². The molecule has 2 atom stereocenters. The molecule has 1 aromatic rings. The first kappa shape index (κ1) is 27.6. The SMILES string of the molecule is CC(O)(CC[C@@H](CCc1ccccc1)O[Si](C)(C)C(C)(C)C)O[Si](C)(C)C(C)(C)C. The Bertz CT molecular complexity index is 641. The molecule has 0 saturated heterocycles. The molecule has 0 saturated carbocycles. The highest BCUT2D eigenvalue weighted by Gasteiger charge is 2.43. The average molecular weight is 453 g/mol. The lowest BCUT2D eigenvalue weighted by Gasteiger charge is -2.43. The van der Waals surface area contributed by atoms with E-state index in [9.17, 15) is 5.11 Å². The fraction of sp³-hybridized carbons (Fsp3) is 0.760. The highest BCUT2D eigenvalue weighted by Crippen LogP contribution is 2.41. The Kier molecular flexibility index (Phi) is 9.18. The highest BCUT2D eigenvalue weighted by molar-refractivity contribution is 6.74. The summed E-state index contributed by atoms with van der Waals surface area (Å²) in [7, 11) is -3.94. The Balaban J connectivity index is 2.88. The van der Waals surface area contributed by atoms with Gasteiger partial charge in [0, 0.05) is 12.5 Å². The molecule has 0 bridgehead atoms.